The molecule has 3 aromatic rings. The van der Waals surface area contributed by atoms with Gasteiger partial charge in [-0.25, -0.2) is 0 Å². The van der Waals surface area contributed by atoms with Crippen LogP contribution in [0.15, 0.2) is 66.1 Å². The number of hydrogen-bond donors (Lipinski definition) is 0. The molecule has 1 heterocycles. The predicted octanol–water partition coefficient (Wildman–Crippen LogP) is 3.61. The number of para-hydroxylation sites is 1. The molecule has 7 heteroatoms. The monoisotopic (exact) mass is 377 g/mol. The lowest BCUT2D eigenvalue weighted by molar-refractivity contribution is -0.116. The Morgan fingerprint density at radius 2 is 1.93 bits per heavy atom. The highest BCUT2D eigenvalue weighted by atomic mass is 32.2. The minimum Gasteiger partial charge on any atom is -0.311 e. The third-order valence-electron chi connectivity index (χ3n) is 3.97. The normalized spacial score (nSPS) is 10.4. The molecule has 3 rings (SSSR count). The number of anilines is 1. The van der Waals surface area contributed by atoms with Gasteiger partial charge in [-0.05, 0) is 31.2 Å². The predicted molar refractivity (Wildman–Crippen MR) is 106 cm³/mol. The fourth-order valence-corrected chi connectivity index (χ4v) is 3.38. The van der Waals surface area contributed by atoms with Crippen LogP contribution in [0, 0.1) is 18.3 Å². The number of rotatable bonds is 7. The summed E-state index contributed by atoms with van der Waals surface area (Å²) in [6, 6.07) is 19.6. The van der Waals surface area contributed by atoms with Gasteiger partial charge in [0.25, 0.3) is 0 Å². The summed E-state index contributed by atoms with van der Waals surface area (Å²) in [5, 5.41) is 17.7. The molecule has 0 N–H and O–H groups in total. The molecule has 0 aliphatic rings. The Hall–Kier alpha value is -3.11. The number of aromatic nitrogens is 3. The van der Waals surface area contributed by atoms with Gasteiger partial charge >= 0.3 is 0 Å². The molecule has 1 amide bonds. The molecule has 0 spiro atoms. The summed E-state index contributed by atoms with van der Waals surface area (Å²) < 4.78 is 1.85. The second-order valence-corrected chi connectivity index (χ2v) is 6.84. The zero-order valence-electron chi connectivity index (χ0n) is 14.9. The third kappa shape index (κ3) is 4.74. The van der Waals surface area contributed by atoms with Gasteiger partial charge in [0.05, 0.1) is 18.2 Å². The first-order chi connectivity index (χ1) is 13.2. The molecule has 0 radical (unpaired) electrons. The van der Waals surface area contributed by atoms with Crippen molar-refractivity contribution in [1.82, 2.24) is 14.8 Å². The Labute approximate surface area is 162 Å². The first-order valence-corrected chi connectivity index (χ1v) is 9.50. The van der Waals surface area contributed by atoms with E-state index in [-0.39, 0.29) is 18.1 Å². The van der Waals surface area contributed by atoms with Gasteiger partial charge in [0.15, 0.2) is 5.16 Å². The van der Waals surface area contributed by atoms with Crippen molar-refractivity contribution in [3.05, 3.63) is 66.5 Å². The lowest BCUT2D eigenvalue weighted by Gasteiger charge is -2.21. The molecule has 2 aromatic carbocycles. The van der Waals surface area contributed by atoms with Gasteiger partial charge in [0, 0.05) is 17.9 Å². The van der Waals surface area contributed by atoms with E-state index in [2.05, 4.69) is 16.3 Å². The average Bonchev–Trinajstić information content (AvgIpc) is 3.17. The van der Waals surface area contributed by atoms with E-state index in [9.17, 15) is 4.79 Å². The highest BCUT2D eigenvalue weighted by molar-refractivity contribution is 7.99. The first kappa shape index (κ1) is 18.7. The van der Waals surface area contributed by atoms with Crippen LogP contribution in [0.25, 0.3) is 5.69 Å². The maximum atomic E-state index is 12.8. The van der Waals surface area contributed by atoms with Crippen molar-refractivity contribution in [3.8, 4) is 11.8 Å². The Balaban J connectivity index is 1.72. The highest BCUT2D eigenvalue weighted by Crippen LogP contribution is 2.22. The molecule has 0 fully saturated rings. The van der Waals surface area contributed by atoms with Crippen LogP contribution < -0.4 is 4.90 Å². The van der Waals surface area contributed by atoms with Gasteiger partial charge in [-0.1, -0.05) is 47.7 Å². The molecular weight excluding hydrogens is 358 g/mol. The SMILES string of the molecule is Cc1ccc(N(CCC#N)C(=O)CSc2nncn2-c2ccccc2)cc1. The lowest BCUT2D eigenvalue weighted by atomic mass is 10.2. The van der Waals surface area contributed by atoms with Crippen molar-refractivity contribution in [2.45, 2.75) is 18.5 Å². The van der Waals surface area contributed by atoms with E-state index in [1.54, 1.807) is 11.2 Å². The van der Waals surface area contributed by atoms with Gasteiger partial charge in [-0.15, -0.1) is 10.2 Å². The van der Waals surface area contributed by atoms with Crippen LogP contribution >= 0.6 is 11.8 Å². The zero-order valence-corrected chi connectivity index (χ0v) is 15.8. The van der Waals surface area contributed by atoms with Gasteiger partial charge in [0.2, 0.25) is 5.91 Å². The molecule has 0 aliphatic carbocycles. The van der Waals surface area contributed by atoms with Crippen LogP contribution in [-0.4, -0.2) is 33.0 Å². The van der Waals surface area contributed by atoms with Gasteiger partial charge in [-0.2, -0.15) is 5.26 Å². The highest BCUT2D eigenvalue weighted by Gasteiger charge is 2.17. The summed E-state index contributed by atoms with van der Waals surface area (Å²) in [7, 11) is 0. The summed E-state index contributed by atoms with van der Waals surface area (Å²) in [6.45, 7) is 2.36. The largest absolute Gasteiger partial charge is 0.311 e. The van der Waals surface area contributed by atoms with Gasteiger partial charge in [0.1, 0.15) is 6.33 Å². The van der Waals surface area contributed by atoms with E-state index in [4.69, 9.17) is 5.26 Å². The van der Waals surface area contributed by atoms with Crippen LogP contribution in [0.2, 0.25) is 0 Å². The number of carbonyl (C=O) groups excluding carboxylic acids is 1. The second kappa shape index (κ2) is 9.01. The fourth-order valence-electron chi connectivity index (χ4n) is 2.58. The molecular formula is C20H19N5OS. The van der Waals surface area contributed by atoms with Crippen molar-refractivity contribution in [1.29, 1.82) is 5.26 Å². The van der Waals surface area contributed by atoms with Crippen LogP contribution in [-0.2, 0) is 4.79 Å². The summed E-state index contributed by atoms with van der Waals surface area (Å²) in [6.07, 6.45) is 1.92. The standard InChI is InChI=1S/C20H19N5OS/c1-16-8-10-18(11-9-16)24(13-5-12-21)19(26)14-27-20-23-22-15-25(20)17-6-3-2-4-7-17/h2-4,6-11,15H,5,13-14H2,1H3. The van der Waals surface area contributed by atoms with Crippen LogP contribution in [0.1, 0.15) is 12.0 Å². The number of hydrogen-bond acceptors (Lipinski definition) is 5. The quantitative estimate of drug-likeness (QED) is 0.588. The molecule has 27 heavy (non-hydrogen) atoms. The van der Waals surface area contributed by atoms with E-state index >= 15 is 0 Å². The Morgan fingerprint density at radius 3 is 2.63 bits per heavy atom. The van der Waals surface area contributed by atoms with E-state index in [1.165, 1.54) is 11.8 Å². The Morgan fingerprint density at radius 1 is 1.19 bits per heavy atom. The number of aryl methyl sites for hydroxylation is 1. The third-order valence-corrected chi connectivity index (χ3v) is 4.90. The number of carbonyl (C=O) groups is 1. The molecule has 0 saturated heterocycles. The number of nitriles is 1. The van der Waals surface area contributed by atoms with E-state index < -0.39 is 0 Å². The van der Waals surface area contributed by atoms with Gasteiger partial charge in [-0.3, -0.25) is 9.36 Å². The summed E-state index contributed by atoms with van der Waals surface area (Å²) >= 11 is 1.33. The summed E-state index contributed by atoms with van der Waals surface area (Å²) in [5.74, 6) is 0.145. The number of nitrogens with zero attached hydrogens (tertiary/aromatic N) is 5. The molecule has 136 valence electrons. The first-order valence-electron chi connectivity index (χ1n) is 8.51. The number of benzene rings is 2. The van der Waals surface area contributed by atoms with Crippen LogP contribution in [0.3, 0.4) is 0 Å². The molecule has 1 aromatic heterocycles. The van der Waals surface area contributed by atoms with Crippen LogP contribution in [0.4, 0.5) is 5.69 Å². The number of thioether (sulfide) groups is 1. The van der Waals surface area contributed by atoms with Crippen molar-refractivity contribution in [3.63, 3.8) is 0 Å². The van der Waals surface area contributed by atoms with Crippen molar-refractivity contribution in [2.24, 2.45) is 0 Å². The second-order valence-electron chi connectivity index (χ2n) is 5.90. The molecule has 0 unspecified atom stereocenters. The number of amides is 1. The lowest BCUT2D eigenvalue weighted by Crippen LogP contribution is -2.33. The molecule has 0 saturated carbocycles. The summed E-state index contributed by atoms with van der Waals surface area (Å²) in [5.41, 5.74) is 2.86. The van der Waals surface area contributed by atoms with Crippen molar-refractivity contribution in [2.75, 3.05) is 17.2 Å². The molecule has 6 nitrogen and oxygen atoms in total. The Kier molecular flexibility index (Phi) is 6.23. The molecule has 0 bridgehead atoms. The smallest absolute Gasteiger partial charge is 0.237 e. The maximum absolute atomic E-state index is 12.8. The molecule has 0 aliphatic heterocycles. The topological polar surface area (TPSA) is 74.8 Å². The van der Waals surface area contributed by atoms with Crippen LogP contribution in [0.5, 0.6) is 0 Å². The zero-order chi connectivity index (χ0) is 19.1. The summed E-state index contributed by atoms with van der Waals surface area (Å²) in [4.78, 5) is 14.5. The Bertz CT molecular complexity index is 931. The maximum Gasteiger partial charge on any atom is 0.237 e. The fraction of sp³-hybridized carbons (Fsp3) is 0.200. The van der Waals surface area contributed by atoms with E-state index in [1.807, 2.05) is 66.1 Å². The average molecular weight is 377 g/mol. The van der Waals surface area contributed by atoms with Crippen molar-refractivity contribution < 1.29 is 4.79 Å². The minimum absolute atomic E-state index is 0.0679. The van der Waals surface area contributed by atoms with E-state index in [0.717, 1.165) is 16.9 Å². The molecule has 0 atom stereocenters. The van der Waals surface area contributed by atoms with Crippen molar-refractivity contribution >= 4 is 23.4 Å². The van der Waals surface area contributed by atoms with E-state index in [0.29, 0.717) is 11.7 Å². The minimum atomic E-state index is -0.0679. The van der Waals surface area contributed by atoms with Gasteiger partial charge < -0.3 is 4.90 Å².